The van der Waals surface area contributed by atoms with Crippen LogP contribution in [0, 0.1) is 0 Å². The lowest BCUT2D eigenvalue weighted by Gasteiger charge is -2.18. The summed E-state index contributed by atoms with van der Waals surface area (Å²) in [5.41, 5.74) is 0.500. The maximum Gasteiger partial charge on any atom is 0.301 e. The zero-order valence-corrected chi connectivity index (χ0v) is 12.1. The number of nitrogens with zero attached hydrogens (tertiary/aromatic N) is 1. The van der Waals surface area contributed by atoms with Gasteiger partial charge < -0.3 is 5.32 Å². The van der Waals surface area contributed by atoms with Crippen molar-refractivity contribution < 1.29 is 8.42 Å². The predicted octanol–water partition coefficient (Wildman–Crippen LogP) is 1.54. The highest BCUT2D eigenvalue weighted by atomic mass is 35.5. The molecule has 0 aliphatic rings. The van der Waals surface area contributed by atoms with Crippen LogP contribution in [0.25, 0.3) is 0 Å². The first-order valence-electron chi connectivity index (χ1n) is 5.60. The second-order valence-corrected chi connectivity index (χ2v) is 6.11. The smallest absolute Gasteiger partial charge is 0.301 e. The highest BCUT2D eigenvalue weighted by Crippen LogP contribution is 2.15. The molecule has 0 amide bonds. The van der Waals surface area contributed by atoms with E-state index >= 15 is 0 Å². The molecule has 1 aromatic carbocycles. The maximum atomic E-state index is 11.9. The van der Waals surface area contributed by atoms with Crippen LogP contribution in [-0.2, 0) is 10.2 Å². The molecule has 0 radical (unpaired) electrons. The summed E-state index contributed by atoms with van der Waals surface area (Å²) in [6, 6.07) is 6.53. The van der Waals surface area contributed by atoms with E-state index in [0.29, 0.717) is 17.3 Å². The third-order valence-corrected chi connectivity index (χ3v) is 4.15. The van der Waals surface area contributed by atoms with Crippen molar-refractivity contribution in [1.82, 2.24) is 9.62 Å². The first kappa shape index (κ1) is 15.2. The van der Waals surface area contributed by atoms with Crippen molar-refractivity contribution in [2.24, 2.45) is 0 Å². The van der Waals surface area contributed by atoms with Crippen molar-refractivity contribution in [2.45, 2.75) is 6.42 Å². The van der Waals surface area contributed by atoms with E-state index in [1.54, 1.807) is 31.3 Å². The lowest BCUT2D eigenvalue weighted by atomic mass is 10.3. The Labute approximate surface area is 113 Å². The lowest BCUT2D eigenvalue weighted by molar-refractivity contribution is 0.462. The SMILES string of the molecule is CNCCCN(C)S(=O)(=O)Nc1ccc(Cl)cc1. The molecule has 1 rings (SSSR count). The van der Waals surface area contributed by atoms with Gasteiger partial charge in [0.15, 0.2) is 0 Å². The standard InChI is InChI=1S/C11H18ClN3O2S/c1-13-8-3-9-15(2)18(16,17)14-11-6-4-10(12)5-7-11/h4-7,13-14H,3,8-9H2,1-2H3. The third-order valence-electron chi connectivity index (χ3n) is 2.40. The Morgan fingerprint density at radius 1 is 1.28 bits per heavy atom. The van der Waals surface area contributed by atoms with Gasteiger partial charge in [0, 0.05) is 24.3 Å². The van der Waals surface area contributed by atoms with Gasteiger partial charge in [0.1, 0.15) is 0 Å². The van der Waals surface area contributed by atoms with Crippen LogP contribution >= 0.6 is 11.6 Å². The second-order valence-electron chi connectivity index (χ2n) is 3.89. The molecule has 0 spiro atoms. The van der Waals surface area contributed by atoms with Crippen LogP contribution in [0.1, 0.15) is 6.42 Å². The molecule has 0 bridgehead atoms. The largest absolute Gasteiger partial charge is 0.320 e. The number of anilines is 1. The maximum absolute atomic E-state index is 11.9. The zero-order valence-electron chi connectivity index (χ0n) is 10.5. The van der Waals surface area contributed by atoms with Crippen LogP contribution in [0.5, 0.6) is 0 Å². The lowest BCUT2D eigenvalue weighted by Crippen LogP contribution is -2.34. The van der Waals surface area contributed by atoms with E-state index in [-0.39, 0.29) is 0 Å². The van der Waals surface area contributed by atoms with Gasteiger partial charge in [-0.3, -0.25) is 4.72 Å². The average Bonchev–Trinajstić information content (AvgIpc) is 2.32. The number of hydrogen-bond donors (Lipinski definition) is 2. The molecule has 0 aromatic heterocycles. The molecule has 2 N–H and O–H groups in total. The summed E-state index contributed by atoms with van der Waals surface area (Å²) in [6.07, 6.45) is 0.758. The third kappa shape index (κ3) is 4.81. The molecule has 0 heterocycles. The Kier molecular flexibility index (Phi) is 5.87. The van der Waals surface area contributed by atoms with Gasteiger partial charge >= 0.3 is 10.2 Å². The van der Waals surface area contributed by atoms with E-state index in [2.05, 4.69) is 10.0 Å². The molecule has 0 fully saturated rings. The predicted molar refractivity (Wildman–Crippen MR) is 75.2 cm³/mol. The molecule has 0 saturated carbocycles. The van der Waals surface area contributed by atoms with Crippen LogP contribution in [0.4, 0.5) is 5.69 Å². The topological polar surface area (TPSA) is 61.4 Å². The van der Waals surface area contributed by atoms with Crippen LogP contribution in [-0.4, -0.2) is 39.9 Å². The summed E-state index contributed by atoms with van der Waals surface area (Å²) in [5.74, 6) is 0. The monoisotopic (exact) mass is 291 g/mol. The quantitative estimate of drug-likeness (QED) is 0.749. The van der Waals surface area contributed by atoms with Crippen LogP contribution < -0.4 is 10.0 Å². The second kappa shape index (κ2) is 6.94. The van der Waals surface area contributed by atoms with Gasteiger partial charge in [-0.1, -0.05) is 11.6 Å². The fourth-order valence-corrected chi connectivity index (χ4v) is 2.43. The Morgan fingerprint density at radius 2 is 1.89 bits per heavy atom. The molecule has 1 aromatic rings. The van der Waals surface area contributed by atoms with E-state index < -0.39 is 10.2 Å². The molecule has 18 heavy (non-hydrogen) atoms. The van der Waals surface area contributed by atoms with Gasteiger partial charge in [-0.15, -0.1) is 0 Å². The Morgan fingerprint density at radius 3 is 2.44 bits per heavy atom. The summed E-state index contributed by atoms with van der Waals surface area (Å²) in [7, 11) is -0.111. The minimum Gasteiger partial charge on any atom is -0.320 e. The number of halogens is 1. The van der Waals surface area contributed by atoms with Crippen molar-refractivity contribution in [2.75, 3.05) is 31.9 Å². The number of rotatable bonds is 7. The van der Waals surface area contributed by atoms with Crippen molar-refractivity contribution in [3.8, 4) is 0 Å². The molecule has 0 aliphatic carbocycles. The van der Waals surface area contributed by atoms with Gasteiger partial charge in [-0.25, -0.2) is 0 Å². The molecule has 0 saturated heterocycles. The van der Waals surface area contributed by atoms with E-state index in [9.17, 15) is 8.42 Å². The summed E-state index contributed by atoms with van der Waals surface area (Å²) in [6.45, 7) is 1.24. The van der Waals surface area contributed by atoms with Crippen LogP contribution in [0.2, 0.25) is 5.02 Å². The summed E-state index contributed by atoms with van der Waals surface area (Å²) in [4.78, 5) is 0. The molecule has 0 aliphatic heterocycles. The van der Waals surface area contributed by atoms with Gasteiger partial charge in [0.2, 0.25) is 0 Å². The van der Waals surface area contributed by atoms with E-state index in [0.717, 1.165) is 13.0 Å². The van der Waals surface area contributed by atoms with Crippen molar-refractivity contribution in [3.05, 3.63) is 29.3 Å². The number of hydrogen-bond acceptors (Lipinski definition) is 3. The fraction of sp³-hybridized carbons (Fsp3) is 0.455. The normalized spacial score (nSPS) is 11.8. The van der Waals surface area contributed by atoms with Gasteiger partial charge in [-0.2, -0.15) is 12.7 Å². The molecular formula is C11H18ClN3O2S. The number of benzene rings is 1. The molecule has 0 unspecified atom stereocenters. The zero-order chi connectivity index (χ0) is 13.6. The summed E-state index contributed by atoms with van der Waals surface area (Å²) < 4.78 is 27.7. The number of nitrogens with one attached hydrogen (secondary N) is 2. The van der Waals surface area contributed by atoms with Gasteiger partial charge in [-0.05, 0) is 44.3 Å². The summed E-state index contributed by atoms with van der Waals surface area (Å²) in [5, 5.41) is 3.54. The Bertz CT molecular complexity index is 462. The Hall–Kier alpha value is -0.820. The fourth-order valence-electron chi connectivity index (χ4n) is 1.34. The van der Waals surface area contributed by atoms with Crippen molar-refractivity contribution >= 4 is 27.5 Å². The van der Waals surface area contributed by atoms with Crippen molar-refractivity contribution in [1.29, 1.82) is 0 Å². The van der Waals surface area contributed by atoms with E-state index in [1.165, 1.54) is 4.31 Å². The van der Waals surface area contributed by atoms with Crippen LogP contribution in [0.3, 0.4) is 0 Å². The first-order chi connectivity index (χ1) is 8.45. The van der Waals surface area contributed by atoms with Crippen LogP contribution in [0.15, 0.2) is 24.3 Å². The molecule has 0 atom stereocenters. The minimum absolute atomic E-state index is 0.462. The van der Waals surface area contributed by atoms with E-state index in [1.807, 2.05) is 7.05 Å². The molecule has 5 nitrogen and oxygen atoms in total. The highest BCUT2D eigenvalue weighted by molar-refractivity contribution is 7.90. The minimum atomic E-state index is -3.49. The van der Waals surface area contributed by atoms with E-state index in [4.69, 9.17) is 11.6 Å². The summed E-state index contributed by atoms with van der Waals surface area (Å²) >= 11 is 5.74. The molecule has 102 valence electrons. The highest BCUT2D eigenvalue weighted by Gasteiger charge is 2.16. The van der Waals surface area contributed by atoms with Gasteiger partial charge in [0.05, 0.1) is 0 Å². The van der Waals surface area contributed by atoms with Gasteiger partial charge in [0.25, 0.3) is 0 Å². The molecule has 7 heteroatoms. The average molecular weight is 292 g/mol. The Balaban J connectivity index is 2.60. The van der Waals surface area contributed by atoms with Crippen molar-refractivity contribution in [3.63, 3.8) is 0 Å². The first-order valence-corrected chi connectivity index (χ1v) is 7.42. The molecular weight excluding hydrogens is 274 g/mol.